The fraction of sp³-hybridized carbons (Fsp3) is 0.154. The molecule has 9 nitrogen and oxygen atoms in total. The van der Waals surface area contributed by atoms with Gasteiger partial charge in [-0.05, 0) is 53.9 Å². The van der Waals surface area contributed by atoms with Gasteiger partial charge in [-0.1, -0.05) is 37.3 Å². The molecule has 3 aromatic carbocycles. The van der Waals surface area contributed by atoms with E-state index in [2.05, 4.69) is 28.1 Å². The van der Waals surface area contributed by atoms with Crippen LogP contribution in [0.5, 0.6) is 11.5 Å². The highest BCUT2D eigenvalue weighted by molar-refractivity contribution is 6.39. The molecule has 3 amide bonds. The van der Waals surface area contributed by atoms with Crippen LogP contribution in [0.2, 0.25) is 0 Å². The molecule has 3 N–H and O–H groups in total. The highest BCUT2D eigenvalue weighted by Crippen LogP contribution is 2.16. The Morgan fingerprint density at radius 3 is 2.34 bits per heavy atom. The van der Waals surface area contributed by atoms with E-state index >= 15 is 0 Å². The number of methoxy groups -OCH3 is 1. The van der Waals surface area contributed by atoms with Crippen LogP contribution in [0, 0.1) is 0 Å². The first-order chi connectivity index (χ1) is 17.0. The van der Waals surface area contributed by atoms with Crippen LogP contribution in [0.3, 0.4) is 0 Å². The Labute approximate surface area is 203 Å². The number of rotatable bonds is 9. The lowest BCUT2D eigenvalue weighted by molar-refractivity contribution is -0.136. The fourth-order valence-electron chi connectivity index (χ4n) is 2.96. The van der Waals surface area contributed by atoms with Gasteiger partial charge in [-0.25, -0.2) is 5.43 Å². The predicted molar refractivity (Wildman–Crippen MR) is 134 cm³/mol. The van der Waals surface area contributed by atoms with Crippen LogP contribution in [0.4, 0.5) is 11.4 Å². The van der Waals surface area contributed by atoms with Gasteiger partial charge in [0.25, 0.3) is 5.91 Å². The maximum atomic E-state index is 12.1. The van der Waals surface area contributed by atoms with Crippen molar-refractivity contribution in [2.75, 3.05) is 24.4 Å². The van der Waals surface area contributed by atoms with Gasteiger partial charge in [0.15, 0.2) is 6.61 Å². The van der Waals surface area contributed by atoms with Gasteiger partial charge in [0.1, 0.15) is 11.5 Å². The molecule has 9 heteroatoms. The molecule has 0 heterocycles. The van der Waals surface area contributed by atoms with Gasteiger partial charge in [0.2, 0.25) is 0 Å². The van der Waals surface area contributed by atoms with E-state index in [1.807, 2.05) is 24.3 Å². The summed E-state index contributed by atoms with van der Waals surface area (Å²) in [6.07, 6.45) is 2.29. The molecule has 0 fully saturated rings. The Morgan fingerprint density at radius 2 is 1.60 bits per heavy atom. The summed E-state index contributed by atoms with van der Waals surface area (Å²) in [5.41, 5.74) is 5.07. The average Bonchev–Trinajstić information content (AvgIpc) is 2.88. The molecule has 0 unspecified atom stereocenters. The van der Waals surface area contributed by atoms with Crippen LogP contribution in [0.25, 0.3) is 0 Å². The predicted octanol–water partition coefficient (Wildman–Crippen LogP) is 3.36. The minimum absolute atomic E-state index is 0.169. The van der Waals surface area contributed by atoms with Gasteiger partial charge in [-0.15, -0.1) is 0 Å². The van der Waals surface area contributed by atoms with E-state index in [1.165, 1.54) is 18.9 Å². The topological polar surface area (TPSA) is 118 Å². The second kappa shape index (κ2) is 12.5. The normalized spacial score (nSPS) is 10.5. The minimum Gasteiger partial charge on any atom is -0.497 e. The van der Waals surface area contributed by atoms with Gasteiger partial charge in [-0.2, -0.15) is 5.10 Å². The summed E-state index contributed by atoms with van der Waals surface area (Å²) in [6.45, 7) is 1.89. The number of ether oxygens (including phenoxy) is 2. The van der Waals surface area contributed by atoms with Gasteiger partial charge in [0, 0.05) is 17.4 Å². The summed E-state index contributed by atoms with van der Waals surface area (Å²) in [6, 6.07) is 21.0. The molecule has 0 aromatic heterocycles. The molecule has 0 aliphatic heterocycles. The summed E-state index contributed by atoms with van der Waals surface area (Å²) < 4.78 is 10.6. The van der Waals surface area contributed by atoms with Crippen LogP contribution in [-0.2, 0) is 20.8 Å². The number of hydrogen-bond donors (Lipinski definition) is 3. The molecule has 0 saturated heterocycles. The zero-order valence-electron chi connectivity index (χ0n) is 19.4. The third-order valence-electron chi connectivity index (χ3n) is 4.79. The first kappa shape index (κ1) is 25.0. The van der Waals surface area contributed by atoms with Crippen molar-refractivity contribution in [1.29, 1.82) is 0 Å². The van der Waals surface area contributed by atoms with Gasteiger partial charge >= 0.3 is 11.8 Å². The van der Waals surface area contributed by atoms with E-state index in [0.29, 0.717) is 28.4 Å². The Hall–Kier alpha value is -4.66. The summed E-state index contributed by atoms with van der Waals surface area (Å²) >= 11 is 0. The number of hydrogen-bond acceptors (Lipinski definition) is 6. The number of hydrazone groups is 1. The summed E-state index contributed by atoms with van der Waals surface area (Å²) in [5.74, 6) is -1.09. The maximum Gasteiger partial charge on any atom is 0.329 e. The Bertz CT molecular complexity index is 1210. The molecule has 35 heavy (non-hydrogen) atoms. The number of aryl methyl sites for hydroxylation is 1. The molecule has 0 aliphatic carbocycles. The van der Waals surface area contributed by atoms with Crippen LogP contribution in [0.1, 0.15) is 18.1 Å². The molecule has 3 rings (SSSR count). The van der Waals surface area contributed by atoms with Crippen molar-refractivity contribution in [3.8, 4) is 11.5 Å². The van der Waals surface area contributed by atoms with E-state index in [1.54, 1.807) is 48.5 Å². The first-order valence-electron chi connectivity index (χ1n) is 10.9. The Kier molecular flexibility index (Phi) is 8.95. The molecule has 0 spiro atoms. The average molecular weight is 475 g/mol. The van der Waals surface area contributed by atoms with E-state index in [4.69, 9.17) is 9.47 Å². The molecular weight excluding hydrogens is 448 g/mol. The van der Waals surface area contributed by atoms with Crippen molar-refractivity contribution in [3.63, 3.8) is 0 Å². The number of carbonyl (C=O) groups is 3. The lowest BCUT2D eigenvalue weighted by Crippen LogP contribution is -2.32. The maximum absolute atomic E-state index is 12.1. The minimum atomic E-state index is -0.930. The van der Waals surface area contributed by atoms with Crippen LogP contribution < -0.4 is 25.5 Å². The van der Waals surface area contributed by atoms with Crippen molar-refractivity contribution in [2.45, 2.75) is 13.3 Å². The third-order valence-corrected chi connectivity index (χ3v) is 4.79. The molecule has 0 atom stereocenters. The van der Waals surface area contributed by atoms with E-state index in [9.17, 15) is 14.4 Å². The lowest BCUT2D eigenvalue weighted by Gasteiger charge is -2.08. The SMILES string of the molecule is CCc1ccc(NC(=O)COc2cccc(/C=N\NC(=O)C(=O)Nc3cccc(OC)c3)c2)cc1. The Morgan fingerprint density at radius 1 is 0.857 bits per heavy atom. The van der Waals surface area contributed by atoms with E-state index in [-0.39, 0.29) is 12.5 Å². The quantitative estimate of drug-likeness (QED) is 0.250. The van der Waals surface area contributed by atoms with Crippen molar-refractivity contribution < 1.29 is 23.9 Å². The smallest absolute Gasteiger partial charge is 0.329 e. The van der Waals surface area contributed by atoms with Gasteiger partial charge in [0.05, 0.1) is 13.3 Å². The van der Waals surface area contributed by atoms with E-state index < -0.39 is 11.8 Å². The zero-order valence-corrected chi connectivity index (χ0v) is 19.4. The number of benzene rings is 3. The standard InChI is InChI=1S/C26H26N4O5/c1-3-18-10-12-20(13-11-18)28-24(31)17-35-23-9-4-6-19(14-23)16-27-30-26(33)25(32)29-21-7-5-8-22(15-21)34-2/h4-16H,3,17H2,1-2H3,(H,28,31)(H,29,32)(H,30,33)/b27-16-. The lowest BCUT2D eigenvalue weighted by atomic mass is 10.1. The number of nitrogens with one attached hydrogen (secondary N) is 3. The van der Waals surface area contributed by atoms with E-state index in [0.717, 1.165) is 6.42 Å². The number of carbonyl (C=O) groups excluding carboxylic acids is 3. The monoisotopic (exact) mass is 474 g/mol. The summed E-state index contributed by atoms with van der Waals surface area (Å²) in [5, 5.41) is 9.04. The number of amides is 3. The van der Waals surface area contributed by atoms with Crippen molar-refractivity contribution >= 4 is 35.3 Å². The number of anilines is 2. The zero-order chi connectivity index (χ0) is 25.0. The molecule has 0 aliphatic rings. The molecule has 0 bridgehead atoms. The highest BCUT2D eigenvalue weighted by Gasteiger charge is 2.13. The first-order valence-corrected chi connectivity index (χ1v) is 10.9. The molecule has 0 saturated carbocycles. The van der Waals surface area contributed by atoms with Crippen molar-refractivity contribution in [3.05, 3.63) is 83.9 Å². The molecule has 3 aromatic rings. The van der Waals surface area contributed by atoms with Gasteiger partial charge in [-0.3, -0.25) is 14.4 Å². The summed E-state index contributed by atoms with van der Waals surface area (Å²) in [7, 11) is 1.50. The van der Waals surface area contributed by atoms with Crippen LogP contribution in [-0.4, -0.2) is 37.7 Å². The Balaban J connectivity index is 1.47. The number of nitrogens with zero attached hydrogens (tertiary/aromatic N) is 1. The third kappa shape index (κ3) is 8.01. The fourth-order valence-corrected chi connectivity index (χ4v) is 2.96. The molecular formula is C26H26N4O5. The second-order valence-corrected chi connectivity index (χ2v) is 7.35. The summed E-state index contributed by atoms with van der Waals surface area (Å²) in [4.78, 5) is 36.2. The van der Waals surface area contributed by atoms with Crippen LogP contribution in [0.15, 0.2) is 77.9 Å². The highest BCUT2D eigenvalue weighted by atomic mass is 16.5. The second-order valence-electron chi connectivity index (χ2n) is 7.35. The largest absolute Gasteiger partial charge is 0.497 e. The van der Waals surface area contributed by atoms with Crippen LogP contribution >= 0.6 is 0 Å². The van der Waals surface area contributed by atoms with Gasteiger partial charge < -0.3 is 20.1 Å². The molecule has 180 valence electrons. The van der Waals surface area contributed by atoms with Crippen molar-refractivity contribution in [2.24, 2.45) is 5.10 Å². The van der Waals surface area contributed by atoms with Crippen molar-refractivity contribution in [1.82, 2.24) is 5.43 Å². The molecule has 0 radical (unpaired) electrons.